The van der Waals surface area contributed by atoms with Crippen LogP contribution < -0.4 is 10.1 Å². The molecule has 0 aliphatic rings. The minimum Gasteiger partial charge on any atom is -0.478 e. The summed E-state index contributed by atoms with van der Waals surface area (Å²) in [5.74, 6) is 1.24. The first-order valence-electron chi connectivity index (χ1n) is 8.93. The van der Waals surface area contributed by atoms with E-state index in [0.29, 0.717) is 18.3 Å². The van der Waals surface area contributed by atoms with Crippen molar-refractivity contribution in [1.82, 2.24) is 29.5 Å². The number of rotatable bonds is 5. The van der Waals surface area contributed by atoms with E-state index in [0.717, 1.165) is 33.5 Å². The van der Waals surface area contributed by atoms with E-state index in [1.54, 1.807) is 18.6 Å². The first-order valence-corrected chi connectivity index (χ1v) is 8.93. The molecule has 138 valence electrons. The Kier molecular flexibility index (Phi) is 3.86. The van der Waals surface area contributed by atoms with E-state index in [-0.39, 0.29) is 0 Å². The number of nitrogens with zero attached hydrogens (tertiary/aromatic N) is 5. The number of hydrogen-bond acceptors (Lipinski definition) is 6. The van der Waals surface area contributed by atoms with Gasteiger partial charge in [-0.05, 0) is 19.1 Å². The van der Waals surface area contributed by atoms with Gasteiger partial charge in [0.15, 0.2) is 11.5 Å². The quantitative estimate of drug-likeness (QED) is 0.488. The number of hydrogen-bond donors (Lipinski definition) is 2. The highest BCUT2D eigenvalue weighted by Gasteiger charge is 2.11. The van der Waals surface area contributed by atoms with Crippen LogP contribution in [-0.4, -0.2) is 36.2 Å². The number of aromatic nitrogens is 6. The first kappa shape index (κ1) is 16.2. The zero-order valence-electron chi connectivity index (χ0n) is 15.1. The molecule has 28 heavy (non-hydrogen) atoms. The van der Waals surface area contributed by atoms with Crippen molar-refractivity contribution >= 4 is 28.1 Å². The Bertz CT molecular complexity index is 1260. The number of H-pyrrole nitrogens is 1. The van der Waals surface area contributed by atoms with Crippen molar-refractivity contribution in [3.63, 3.8) is 0 Å². The molecule has 5 rings (SSSR count). The summed E-state index contributed by atoms with van der Waals surface area (Å²) in [5, 5.41) is 11.5. The van der Waals surface area contributed by atoms with Crippen LogP contribution >= 0.6 is 0 Å². The molecule has 0 fully saturated rings. The molecule has 0 unspecified atom stereocenters. The summed E-state index contributed by atoms with van der Waals surface area (Å²) >= 11 is 0. The monoisotopic (exact) mass is 371 g/mol. The zero-order valence-corrected chi connectivity index (χ0v) is 15.1. The van der Waals surface area contributed by atoms with E-state index in [1.807, 2.05) is 54.0 Å². The fourth-order valence-corrected chi connectivity index (χ4v) is 3.08. The minimum atomic E-state index is 0.582. The van der Waals surface area contributed by atoms with E-state index in [1.165, 1.54) is 0 Å². The predicted molar refractivity (Wildman–Crippen MR) is 107 cm³/mol. The van der Waals surface area contributed by atoms with Crippen LogP contribution in [0.5, 0.6) is 5.88 Å². The fraction of sp³-hybridized carbons (Fsp3) is 0.100. The average Bonchev–Trinajstić information content (AvgIpc) is 3.38. The summed E-state index contributed by atoms with van der Waals surface area (Å²) in [6.45, 7) is 2.51. The Morgan fingerprint density at radius 3 is 2.96 bits per heavy atom. The van der Waals surface area contributed by atoms with Gasteiger partial charge in [-0.2, -0.15) is 5.10 Å². The highest BCUT2D eigenvalue weighted by Crippen LogP contribution is 2.26. The second kappa shape index (κ2) is 6.66. The fourth-order valence-electron chi connectivity index (χ4n) is 3.08. The van der Waals surface area contributed by atoms with Gasteiger partial charge in [0.2, 0.25) is 5.88 Å². The van der Waals surface area contributed by atoms with E-state index in [2.05, 4.69) is 25.5 Å². The Hall–Kier alpha value is -3.94. The number of benzene rings is 1. The van der Waals surface area contributed by atoms with Crippen LogP contribution in [0, 0.1) is 0 Å². The Morgan fingerprint density at radius 1 is 1.14 bits per heavy atom. The van der Waals surface area contributed by atoms with Gasteiger partial charge in [-0.3, -0.25) is 5.10 Å². The molecule has 5 aromatic rings. The summed E-state index contributed by atoms with van der Waals surface area (Å²) < 4.78 is 7.34. The van der Waals surface area contributed by atoms with Gasteiger partial charge < -0.3 is 14.5 Å². The number of imidazole rings is 1. The van der Waals surface area contributed by atoms with E-state index in [9.17, 15) is 0 Å². The maximum Gasteiger partial charge on any atom is 0.213 e. The molecule has 1 aromatic carbocycles. The smallest absolute Gasteiger partial charge is 0.213 e. The van der Waals surface area contributed by atoms with Crippen molar-refractivity contribution in [3.8, 4) is 17.1 Å². The maximum absolute atomic E-state index is 5.40. The molecule has 8 heteroatoms. The lowest BCUT2D eigenvalue weighted by Crippen LogP contribution is -2.01. The normalized spacial score (nSPS) is 11.2. The number of aromatic amines is 1. The topological polar surface area (TPSA) is 93.0 Å². The number of anilines is 2. The van der Waals surface area contributed by atoms with Gasteiger partial charge in [0.05, 0.1) is 35.9 Å². The van der Waals surface area contributed by atoms with Crippen LogP contribution in [0.2, 0.25) is 0 Å². The van der Waals surface area contributed by atoms with Gasteiger partial charge in [0.1, 0.15) is 0 Å². The molecule has 0 atom stereocenters. The first-order chi connectivity index (χ1) is 13.8. The summed E-state index contributed by atoms with van der Waals surface area (Å²) in [4.78, 5) is 13.5. The van der Waals surface area contributed by atoms with Gasteiger partial charge in [-0.25, -0.2) is 15.0 Å². The van der Waals surface area contributed by atoms with E-state index in [4.69, 9.17) is 9.72 Å². The van der Waals surface area contributed by atoms with Gasteiger partial charge in [-0.15, -0.1) is 0 Å². The summed E-state index contributed by atoms with van der Waals surface area (Å²) in [7, 11) is 0. The molecule has 4 aromatic heterocycles. The summed E-state index contributed by atoms with van der Waals surface area (Å²) in [5.41, 5.74) is 4.32. The van der Waals surface area contributed by atoms with Crippen LogP contribution in [0.25, 0.3) is 27.8 Å². The molecule has 4 heterocycles. The molecule has 0 radical (unpaired) electrons. The third-order valence-corrected chi connectivity index (χ3v) is 4.40. The summed E-state index contributed by atoms with van der Waals surface area (Å²) in [6, 6.07) is 9.82. The molecule has 0 spiro atoms. The van der Waals surface area contributed by atoms with Crippen LogP contribution in [-0.2, 0) is 0 Å². The molecule has 8 nitrogen and oxygen atoms in total. The van der Waals surface area contributed by atoms with Gasteiger partial charge >= 0.3 is 0 Å². The largest absolute Gasteiger partial charge is 0.478 e. The molecule has 0 aliphatic heterocycles. The number of ether oxygens (including phenoxy) is 1. The van der Waals surface area contributed by atoms with Crippen LogP contribution in [0.15, 0.2) is 61.3 Å². The lowest BCUT2D eigenvalue weighted by Gasteiger charge is -2.10. The third kappa shape index (κ3) is 2.90. The molecule has 0 bridgehead atoms. The molecule has 0 saturated carbocycles. The van der Waals surface area contributed by atoms with Crippen molar-refractivity contribution < 1.29 is 4.74 Å². The van der Waals surface area contributed by atoms with Gasteiger partial charge in [0.25, 0.3) is 0 Å². The van der Waals surface area contributed by atoms with Crippen molar-refractivity contribution in [1.29, 1.82) is 0 Å². The number of nitrogens with one attached hydrogen (secondary N) is 2. The van der Waals surface area contributed by atoms with Gasteiger partial charge in [-0.1, -0.05) is 12.1 Å². The standard InChI is InChI=1S/C20H17N7O/c1-2-28-18-6-5-15(11-22-18)24-19-20-21-7-8-27(20)12-17(25-19)13-3-4-14-10-23-26-16(14)9-13/h3-12H,2H2,1H3,(H,23,26)(H,24,25). The van der Waals surface area contributed by atoms with Crippen LogP contribution in [0.1, 0.15) is 6.92 Å². The Balaban J connectivity index is 1.55. The summed E-state index contributed by atoms with van der Waals surface area (Å²) in [6.07, 6.45) is 9.13. The van der Waals surface area contributed by atoms with Crippen molar-refractivity contribution in [2.75, 3.05) is 11.9 Å². The van der Waals surface area contributed by atoms with Crippen molar-refractivity contribution in [2.45, 2.75) is 6.92 Å². The molecule has 0 amide bonds. The maximum atomic E-state index is 5.40. The lowest BCUT2D eigenvalue weighted by molar-refractivity contribution is 0.327. The lowest BCUT2D eigenvalue weighted by atomic mass is 10.1. The second-order valence-electron chi connectivity index (χ2n) is 6.25. The molecule has 2 N–H and O–H groups in total. The van der Waals surface area contributed by atoms with Crippen LogP contribution in [0.4, 0.5) is 11.5 Å². The zero-order chi connectivity index (χ0) is 18.9. The highest BCUT2D eigenvalue weighted by molar-refractivity contribution is 5.83. The number of pyridine rings is 1. The molecule has 0 aliphatic carbocycles. The van der Waals surface area contributed by atoms with Crippen molar-refractivity contribution in [2.24, 2.45) is 0 Å². The Morgan fingerprint density at radius 2 is 2.11 bits per heavy atom. The predicted octanol–water partition coefficient (Wildman–Crippen LogP) is 3.81. The molecular formula is C20H17N7O. The van der Waals surface area contributed by atoms with Crippen molar-refractivity contribution in [3.05, 3.63) is 61.3 Å². The van der Waals surface area contributed by atoms with E-state index >= 15 is 0 Å². The van der Waals surface area contributed by atoms with Crippen LogP contribution in [0.3, 0.4) is 0 Å². The minimum absolute atomic E-state index is 0.582. The van der Waals surface area contributed by atoms with E-state index < -0.39 is 0 Å². The number of fused-ring (bicyclic) bond motifs is 2. The third-order valence-electron chi connectivity index (χ3n) is 4.40. The highest BCUT2D eigenvalue weighted by atomic mass is 16.5. The SMILES string of the molecule is CCOc1ccc(Nc2nc(-c3ccc4cn[nH]c4c3)cn3ccnc23)cn1. The Labute approximate surface area is 160 Å². The average molecular weight is 371 g/mol. The molecular weight excluding hydrogens is 354 g/mol. The second-order valence-corrected chi connectivity index (χ2v) is 6.25. The molecule has 0 saturated heterocycles. The van der Waals surface area contributed by atoms with Gasteiger partial charge in [0, 0.05) is 35.6 Å².